The standard InChI is InChI=1S/C17H23N3O3/c1-12-14(11-19-20-12)5-4-10-18-17(21)13(2)23-16-8-6-15(22-3)7-9-16/h6-9,11,13H,4-5,10H2,1-3H3,(H,18,21)(H,19,20). The van der Waals surface area contributed by atoms with Crippen LogP contribution in [0.1, 0.15) is 24.6 Å². The van der Waals surface area contributed by atoms with Crippen molar-refractivity contribution in [2.45, 2.75) is 32.8 Å². The fourth-order valence-corrected chi connectivity index (χ4v) is 2.17. The summed E-state index contributed by atoms with van der Waals surface area (Å²) in [5.74, 6) is 1.27. The van der Waals surface area contributed by atoms with Gasteiger partial charge in [0.2, 0.25) is 0 Å². The molecule has 0 aliphatic carbocycles. The molecule has 23 heavy (non-hydrogen) atoms. The highest BCUT2D eigenvalue weighted by atomic mass is 16.5. The Bertz CT molecular complexity index is 622. The van der Waals surface area contributed by atoms with E-state index in [9.17, 15) is 4.79 Å². The number of aromatic amines is 1. The number of carbonyl (C=O) groups excluding carboxylic acids is 1. The molecule has 1 amide bonds. The Balaban J connectivity index is 1.70. The molecular weight excluding hydrogens is 294 g/mol. The highest BCUT2D eigenvalue weighted by Gasteiger charge is 2.14. The average molecular weight is 317 g/mol. The Hall–Kier alpha value is -2.50. The molecule has 0 aliphatic heterocycles. The molecule has 0 saturated heterocycles. The molecule has 2 rings (SSSR count). The maximum atomic E-state index is 12.0. The molecule has 0 fully saturated rings. The van der Waals surface area contributed by atoms with Gasteiger partial charge in [0.25, 0.3) is 5.91 Å². The first-order chi connectivity index (χ1) is 11.1. The largest absolute Gasteiger partial charge is 0.497 e. The first-order valence-corrected chi connectivity index (χ1v) is 7.67. The van der Waals surface area contributed by atoms with E-state index in [0.717, 1.165) is 24.3 Å². The predicted molar refractivity (Wildman–Crippen MR) is 87.7 cm³/mol. The number of carbonyl (C=O) groups is 1. The Morgan fingerprint density at radius 2 is 2.00 bits per heavy atom. The van der Waals surface area contributed by atoms with Crippen LogP contribution in [-0.2, 0) is 11.2 Å². The Kier molecular flexibility index (Phi) is 6.02. The Morgan fingerprint density at radius 1 is 1.30 bits per heavy atom. The molecule has 124 valence electrons. The molecule has 1 unspecified atom stereocenters. The number of hydrogen-bond donors (Lipinski definition) is 2. The molecule has 1 aromatic heterocycles. The van der Waals surface area contributed by atoms with E-state index < -0.39 is 6.10 Å². The van der Waals surface area contributed by atoms with Gasteiger partial charge in [0, 0.05) is 12.2 Å². The number of rotatable bonds is 8. The minimum atomic E-state index is -0.543. The van der Waals surface area contributed by atoms with Gasteiger partial charge >= 0.3 is 0 Å². The van der Waals surface area contributed by atoms with Crippen molar-refractivity contribution < 1.29 is 14.3 Å². The molecule has 0 radical (unpaired) electrons. The van der Waals surface area contributed by atoms with Gasteiger partial charge in [0.1, 0.15) is 11.5 Å². The highest BCUT2D eigenvalue weighted by molar-refractivity contribution is 5.80. The van der Waals surface area contributed by atoms with Crippen molar-refractivity contribution in [1.29, 1.82) is 0 Å². The first-order valence-electron chi connectivity index (χ1n) is 7.67. The summed E-state index contributed by atoms with van der Waals surface area (Å²) in [6.07, 6.45) is 3.03. The summed E-state index contributed by atoms with van der Waals surface area (Å²) in [4.78, 5) is 12.0. The summed E-state index contributed by atoms with van der Waals surface area (Å²) in [6.45, 7) is 4.34. The van der Waals surface area contributed by atoms with E-state index in [1.807, 2.05) is 13.1 Å². The molecular formula is C17H23N3O3. The smallest absolute Gasteiger partial charge is 0.260 e. The lowest BCUT2D eigenvalue weighted by Crippen LogP contribution is -2.36. The number of ether oxygens (including phenoxy) is 2. The van der Waals surface area contributed by atoms with E-state index >= 15 is 0 Å². The van der Waals surface area contributed by atoms with E-state index in [1.54, 1.807) is 38.3 Å². The van der Waals surface area contributed by atoms with Crippen LogP contribution in [0, 0.1) is 6.92 Å². The number of H-pyrrole nitrogens is 1. The van der Waals surface area contributed by atoms with Gasteiger partial charge in [0.05, 0.1) is 13.3 Å². The molecule has 1 atom stereocenters. The molecule has 6 nitrogen and oxygen atoms in total. The van der Waals surface area contributed by atoms with E-state index in [0.29, 0.717) is 12.3 Å². The second-order valence-electron chi connectivity index (χ2n) is 5.35. The van der Waals surface area contributed by atoms with Gasteiger partial charge in [-0.15, -0.1) is 0 Å². The zero-order valence-corrected chi connectivity index (χ0v) is 13.8. The van der Waals surface area contributed by atoms with Crippen LogP contribution in [0.3, 0.4) is 0 Å². The van der Waals surface area contributed by atoms with Crippen molar-refractivity contribution in [3.63, 3.8) is 0 Å². The molecule has 2 aromatic rings. The minimum absolute atomic E-state index is 0.121. The summed E-state index contributed by atoms with van der Waals surface area (Å²) in [7, 11) is 1.61. The zero-order chi connectivity index (χ0) is 16.7. The first kappa shape index (κ1) is 16.9. The molecule has 0 bridgehead atoms. The monoisotopic (exact) mass is 317 g/mol. The third kappa shape index (κ3) is 5.02. The third-order valence-corrected chi connectivity index (χ3v) is 3.60. The van der Waals surface area contributed by atoms with Crippen molar-refractivity contribution in [3.8, 4) is 11.5 Å². The fourth-order valence-electron chi connectivity index (χ4n) is 2.17. The number of hydrogen-bond acceptors (Lipinski definition) is 4. The quantitative estimate of drug-likeness (QED) is 0.732. The summed E-state index contributed by atoms with van der Waals surface area (Å²) in [5, 5.41) is 9.78. The van der Waals surface area contributed by atoms with Crippen LogP contribution in [0.4, 0.5) is 0 Å². The number of amides is 1. The number of nitrogens with one attached hydrogen (secondary N) is 2. The molecule has 1 aromatic carbocycles. The van der Waals surface area contributed by atoms with Gasteiger partial charge in [-0.05, 0) is 56.5 Å². The summed E-state index contributed by atoms with van der Waals surface area (Å²) >= 11 is 0. The highest BCUT2D eigenvalue weighted by Crippen LogP contribution is 2.18. The van der Waals surface area contributed by atoms with Crippen molar-refractivity contribution in [3.05, 3.63) is 41.7 Å². The molecule has 0 aliphatic rings. The SMILES string of the molecule is COc1ccc(OC(C)C(=O)NCCCc2cn[nH]c2C)cc1. The number of aromatic nitrogens is 2. The lowest BCUT2D eigenvalue weighted by Gasteiger charge is -2.15. The van der Waals surface area contributed by atoms with E-state index in [1.165, 1.54) is 5.56 Å². The van der Waals surface area contributed by atoms with E-state index in [-0.39, 0.29) is 5.91 Å². The summed E-state index contributed by atoms with van der Waals surface area (Å²) < 4.78 is 10.7. The van der Waals surface area contributed by atoms with Crippen LogP contribution in [0.5, 0.6) is 11.5 Å². The zero-order valence-electron chi connectivity index (χ0n) is 13.8. The maximum absolute atomic E-state index is 12.0. The molecule has 0 spiro atoms. The number of methoxy groups -OCH3 is 1. The molecule has 2 N–H and O–H groups in total. The summed E-state index contributed by atoms with van der Waals surface area (Å²) in [6, 6.07) is 7.16. The molecule has 1 heterocycles. The van der Waals surface area contributed by atoms with Gasteiger partial charge in [-0.3, -0.25) is 9.89 Å². The fraction of sp³-hybridized carbons (Fsp3) is 0.412. The predicted octanol–water partition coefficient (Wildman–Crippen LogP) is 2.24. The van der Waals surface area contributed by atoms with Crippen LogP contribution >= 0.6 is 0 Å². The second kappa shape index (κ2) is 8.22. The van der Waals surface area contributed by atoms with Gasteiger partial charge in [-0.1, -0.05) is 0 Å². The Morgan fingerprint density at radius 3 is 2.61 bits per heavy atom. The second-order valence-corrected chi connectivity index (χ2v) is 5.35. The number of benzene rings is 1. The van der Waals surface area contributed by atoms with Crippen LogP contribution in [0.25, 0.3) is 0 Å². The lowest BCUT2D eigenvalue weighted by molar-refractivity contribution is -0.127. The maximum Gasteiger partial charge on any atom is 0.260 e. The van der Waals surface area contributed by atoms with Crippen LogP contribution < -0.4 is 14.8 Å². The molecule has 6 heteroatoms. The lowest BCUT2D eigenvalue weighted by atomic mass is 10.1. The van der Waals surface area contributed by atoms with E-state index in [2.05, 4.69) is 15.5 Å². The van der Waals surface area contributed by atoms with E-state index in [4.69, 9.17) is 9.47 Å². The van der Waals surface area contributed by atoms with Crippen molar-refractivity contribution in [1.82, 2.24) is 15.5 Å². The topological polar surface area (TPSA) is 76.2 Å². The Labute approximate surface area is 136 Å². The average Bonchev–Trinajstić information content (AvgIpc) is 2.97. The van der Waals surface area contributed by atoms with Crippen LogP contribution in [-0.4, -0.2) is 35.9 Å². The van der Waals surface area contributed by atoms with Crippen LogP contribution in [0.15, 0.2) is 30.5 Å². The van der Waals surface area contributed by atoms with Gasteiger partial charge < -0.3 is 14.8 Å². The normalized spacial score (nSPS) is 11.8. The third-order valence-electron chi connectivity index (χ3n) is 3.60. The number of aryl methyl sites for hydroxylation is 2. The van der Waals surface area contributed by atoms with Crippen molar-refractivity contribution in [2.24, 2.45) is 0 Å². The minimum Gasteiger partial charge on any atom is -0.497 e. The van der Waals surface area contributed by atoms with Crippen molar-refractivity contribution >= 4 is 5.91 Å². The van der Waals surface area contributed by atoms with Gasteiger partial charge in [-0.25, -0.2) is 0 Å². The van der Waals surface area contributed by atoms with Crippen molar-refractivity contribution in [2.75, 3.05) is 13.7 Å². The van der Waals surface area contributed by atoms with Crippen LogP contribution in [0.2, 0.25) is 0 Å². The number of nitrogens with zero attached hydrogens (tertiary/aromatic N) is 1. The van der Waals surface area contributed by atoms with Gasteiger partial charge in [0.15, 0.2) is 6.10 Å². The molecule has 0 saturated carbocycles. The summed E-state index contributed by atoms with van der Waals surface area (Å²) in [5.41, 5.74) is 2.26. The van der Waals surface area contributed by atoms with Gasteiger partial charge in [-0.2, -0.15) is 5.10 Å².